The summed E-state index contributed by atoms with van der Waals surface area (Å²) in [6.45, 7) is 0.869. The predicted molar refractivity (Wildman–Crippen MR) is 60.8 cm³/mol. The molecule has 2 rings (SSSR count). The fraction of sp³-hybridized carbons (Fsp3) is 0.333. The van der Waals surface area contributed by atoms with Crippen LogP contribution in [0.25, 0.3) is 0 Å². The fourth-order valence-electron chi connectivity index (χ4n) is 1.39. The van der Waals surface area contributed by atoms with Gasteiger partial charge in [-0.2, -0.15) is 0 Å². The lowest BCUT2D eigenvalue weighted by Crippen LogP contribution is -2.02. The van der Waals surface area contributed by atoms with Gasteiger partial charge in [-0.1, -0.05) is 22.6 Å². The third-order valence-electron chi connectivity index (χ3n) is 2.12. The first-order valence-electron chi connectivity index (χ1n) is 4.18. The SMILES string of the molecule is COC(=O)c1cnc2c(c1)C(I)CN2. The minimum Gasteiger partial charge on any atom is -0.465 e. The predicted octanol–water partition coefficient (Wildman–Crippen LogP) is 1.77. The van der Waals surface area contributed by atoms with Gasteiger partial charge in [-0.25, -0.2) is 9.78 Å². The Bertz CT molecular complexity index is 381. The molecule has 1 aromatic rings. The zero-order valence-corrected chi connectivity index (χ0v) is 9.74. The molecule has 1 aromatic heterocycles. The number of esters is 1. The van der Waals surface area contributed by atoms with E-state index in [1.54, 1.807) is 0 Å². The quantitative estimate of drug-likeness (QED) is 0.488. The van der Waals surface area contributed by atoms with Crippen molar-refractivity contribution >= 4 is 34.4 Å². The number of nitrogens with zero attached hydrogens (tertiary/aromatic N) is 1. The van der Waals surface area contributed by atoms with E-state index in [1.807, 2.05) is 6.07 Å². The molecular formula is C9H9IN2O2. The maximum atomic E-state index is 11.2. The lowest BCUT2D eigenvalue weighted by molar-refractivity contribution is 0.0600. The number of alkyl halides is 1. The maximum absolute atomic E-state index is 11.2. The molecule has 0 amide bonds. The van der Waals surface area contributed by atoms with E-state index in [2.05, 4.69) is 37.6 Å². The summed E-state index contributed by atoms with van der Waals surface area (Å²) in [7, 11) is 1.37. The molecule has 4 nitrogen and oxygen atoms in total. The molecule has 0 radical (unpaired) electrons. The molecule has 1 unspecified atom stereocenters. The largest absolute Gasteiger partial charge is 0.465 e. The summed E-state index contributed by atoms with van der Waals surface area (Å²) in [6.07, 6.45) is 1.53. The standard InChI is InChI=1S/C9H9IN2O2/c1-14-9(13)5-2-6-7(10)4-12-8(6)11-3-5/h2-3,7H,4H2,1H3,(H,11,12). The van der Waals surface area contributed by atoms with E-state index in [0.717, 1.165) is 17.9 Å². The highest BCUT2D eigenvalue weighted by Crippen LogP contribution is 2.34. The van der Waals surface area contributed by atoms with Crippen LogP contribution in [0.1, 0.15) is 19.8 Å². The number of ether oxygens (including phenoxy) is 1. The van der Waals surface area contributed by atoms with Gasteiger partial charge in [0.25, 0.3) is 0 Å². The summed E-state index contributed by atoms with van der Waals surface area (Å²) in [5, 5.41) is 3.16. The molecule has 0 aliphatic carbocycles. The second kappa shape index (κ2) is 3.72. The van der Waals surface area contributed by atoms with Crippen LogP contribution >= 0.6 is 22.6 Å². The Morgan fingerprint density at radius 1 is 1.79 bits per heavy atom. The average Bonchev–Trinajstić information content (AvgIpc) is 2.59. The first-order chi connectivity index (χ1) is 6.72. The number of pyridine rings is 1. The summed E-state index contributed by atoms with van der Waals surface area (Å²) in [5.41, 5.74) is 1.59. The van der Waals surface area contributed by atoms with Crippen LogP contribution in [0, 0.1) is 0 Å². The van der Waals surface area contributed by atoms with Crippen molar-refractivity contribution in [3.8, 4) is 0 Å². The topological polar surface area (TPSA) is 51.2 Å². The zero-order chi connectivity index (χ0) is 10.1. The Balaban J connectivity index is 2.39. The van der Waals surface area contributed by atoms with Crippen molar-refractivity contribution in [2.24, 2.45) is 0 Å². The van der Waals surface area contributed by atoms with Crippen molar-refractivity contribution in [2.45, 2.75) is 3.92 Å². The van der Waals surface area contributed by atoms with Gasteiger partial charge in [0, 0.05) is 18.3 Å². The van der Waals surface area contributed by atoms with Gasteiger partial charge in [-0.15, -0.1) is 0 Å². The Kier molecular flexibility index (Phi) is 2.58. The van der Waals surface area contributed by atoms with Crippen LogP contribution in [0.3, 0.4) is 0 Å². The van der Waals surface area contributed by atoms with E-state index in [1.165, 1.54) is 13.3 Å². The van der Waals surface area contributed by atoms with Crippen LogP contribution in [0.15, 0.2) is 12.3 Å². The van der Waals surface area contributed by atoms with Gasteiger partial charge >= 0.3 is 5.97 Å². The fourth-order valence-corrected chi connectivity index (χ4v) is 2.09. The lowest BCUT2D eigenvalue weighted by atomic mass is 10.2. The highest BCUT2D eigenvalue weighted by molar-refractivity contribution is 14.1. The van der Waals surface area contributed by atoms with Crippen molar-refractivity contribution in [1.82, 2.24) is 4.98 Å². The maximum Gasteiger partial charge on any atom is 0.339 e. The third kappa shape index (κ3) is 1.56. The summed E-state index contributed by atoms with van der Waals surface area (Å²) >= 11 is 2.32. The Morgan fingerprint density at radius 3 is 3.29 bits per heavy atom. The number of nitrogens with one attached hydrogen (secondary N) is 1. The number of carbonyl (C=O) groups is 1. The van der Waals surface area contributed by atoms with Crippen molar-refractivity contribution in [1.29, 1.82) is 0 Å². The molecule has 1 aliphatic heterocycles. The Morgan fingerprint density at radius 2 is 2.57 bits per heavy atom. The van der Waals surface area contributed by atoms with Gasteiger partial charge in [-0.05, 0) is 6.07 Å². The van der Waals surface area contributed by atoms with Gasteiger partial charge in [0.2, 0.25) is 0 Å². The van der Waals surface area contributed by atoms with Crippen molar-refractivity contribution < 1.29 is 9.53 Å². The minimum atomic E-state index is -0.337. The molecule has 1 atom stereocenters. The molecular weight excluding hydrogens is 295 g/mol. The third-order valence-corrected chi connectivity index (χ3v) is 3.24. The van der Waals surface area contributed by atoms with Crippen molar-refractivity contribution in [2.75, 3.05) is 19.0 Å². The van der Waals surface area contributed by atoms with E-state index >= 15 is 0 Å². The van der Waals surface area contributed by atoms with Crippen LogP contribution in [0.2, 0.25) is 0 Å². The summed E-state index contributed by atoms with van der Waals surface area (Å²) in [5.74, 6) is 0.535. The number of fused-ring (bicyclic) bond motifs is 1. The molecule has 0 spiro atoms. The van der Waals surface area contributed by atoms with Crippen molar-refractivity contribution in [3.63, 3.8) is 0 Å². The Labute approximate surface area is 95.2 Å². The minimum absolute atomic E-state index is 0.337. The number of hydrogen-bond donors (Lipinski definition) is 1. The van der Waals surface area contributed by atoms with Crippen LogP contribution < -0.4 is 5.32 Å². The summed E-state index contributed by atoms with van der Waals surface area (Å²) in [6, 6.07) is 1.84. The monoisotopic (exact) mass is 304 g/mol. The molecule has 74 valence electrons. The van der Waals surface area contributed by atoms with Gasteiger partial charge < -0.3 is 10.1 Å². The number of halogens is 1. The normalized spacial score (nSPS) is 18.6. The first kappa shape index (κ1) is 9.70. The molecule has 0 saturated heterocycles. The number of hydrogen-bond acceptors (Lipinski definition) is 4. The Hall–Kier alpha value is -0.850. The number of anilines is 1. The number of aromatic nitrogens is 1. The zero-order valence-electron chi connectivity index (χ0n) is 7.58. The van der Waals surface area contributed by atoms with Crippen LogP contribution in [0.5, 0.6) is 0 Å². The van der Waals surface area contributed by atoms with Gasteiger partial charge in [0.15, 0.2) is 0 Å². The van der Waals surface area contributed by atoms with Crippen molar-refractivity contribution in [3.05, 3.63) is 23.4 Å². The van der Waals surface area contributed by atoms with Gasteiger partial charge in [0.1, 0.15) is 5.82 Å². The molecule has 14 heavy (non-hydrogen) atoms. The van der Waals surface area contributed by atoms with E-state index in [4.69, 9.17) is 0 Å². The van der Waals surface area contributed by atoms with E-state index < -0.39 is 0 Å². The average molecular weight is 304 g/mol. The van der Waals surface area contributed by atoms with E-state index in [9.17, 15) is 4.79 Å². The molecule has 0 aromatic carbocycles. The lowest BCUT2D eigenvalue weighted by Gasteiger charge is -2.03. The smallest absolute Gasteiger partial charge is 0.339 e. The van der Waals surface area contributed by atoms with Crippen LogP contribution in [-0.2, 0) is 4.74 Å². The molecule has 5 heteroatoms. The highest BCUT2D eigenvalue weighted by Gasteiger charge is 2.22. The summed E-state index contributed by atoms with van der Waals surface area (Å²) in [4.78, 5) is 15.4. The first-order valence-corrected chi connectivity index (χ1v) is 5.43. The van der Waals surface area contributed by atoms with Gasteiger partial charge in [-0.3, -0.25) is 0 Å². The molecule has 1 aliphatic rings. The van der Waals surface area contributed by atoms with E-state index in [-0.39, 0.29) is 5.97 Å². The molecule has 0 fully saturated rings. The number of rotatable bonds is 1. The van der Waals surface area contributed by atoms with E-state index in [0.29, 0.717) is 9.49 Å². The number of carbonyl (C=O) groups excluding carboxylic acids is 1. The molecule has 0 saturated carbocycles. The second-order valence-electron chi connectivity index (χ2n) is 3.00. The summed E-state index contributed by atoms with van der Waals surface area (Å²) < 4.78 is 5.00. The molecule has 1 N–H and O–H groups in total. The second-order valence-corrected chi connectivity index (χ2v) is 4.51. The van der Waals surface area contributed by atoms with Crippen LogP contribution in [0.4, 0.5) is 5.82 Å². The highest BCUT2D eigenvalue weighted by atomic mass is 127. The van der Waals surface area contributed by atoms with Gasteiger partial charge in [0.05, 0.1) is 16.6 Å². The van der Waals surface area contributed by atoms with Crippen LogP contribution in [-0.4, -0.2) is 24.6 Å². The molecule has 2 heterocycles. The molecule has 0 bridgehead atoms. The number of methoxy groups -OCH3 is 1.